The van der Waals surface area contributed by atoms with Crippen molar-refractivity contribution in [1.29, 1.82) is 0 Å². The third-order valence-electron chi connectivity index (χ3n) is 5.84. The van der Waals surface area contributed by atoms with Gasteiger partial charge in [-0.05, 0) is 30.7 Å². The van der Waals surface area contributed by atoms with Gasteiger partial charge in [-0.2, -0.15) is 0 Å². The highest BCUT2D eigenvalue weighted by atomic mass is 16.2. The molecule has 0 bridgehead atoms. The van der Waals surface area contributed by atoms with E-state index in [9.17, 15) is 9.59 Å². The van der Waals surface area contributed by atoms with Gasteiger partial charge in [-0.1, -0.05) is 48.0 Å². The average Bonchev–Trinajstić information content (AvgIpc) is 3.11. The third-order valence-corrected chi connectivity index (χ3v) is 5.84. The van der Waals surface area contributed by atoms with Gasteiger partial charge in [0, 0.05) is 38.6 Å². The first-order valence-electron chi connectivity index (χ1n) is 10.7. The Bertz CT molecular complexity index is 1170. The Kier molecular flexibility index (Phi) is 5.15. The zero-order valence-electron chi connectivity index (χ0n) is 17.8. The summed E-state index contributed by atoms with van der Waals surface area (Å²) in [5, 5.41) is 0. The molecule has 7 heteroatoms. The lowest BCUT2D eigenvalue weighted by Crippen LogP contribution is -2.48. The first-order valence-corrected chi connectivity index (χ1v) is 10.7. The highest BCUT2D eigenvalue weighted by Crippen LogP contribution is 2.35. The molecule has 32 heavy (non-hydrogen) atoms. The fourth-order valence-electron chi connectivity index (χ4n) is 4.19. The van der Waals surface area contributed by atoms with Crippen LogP contribution in [-0.4, -0.2) is 52.9 Å². The van der Waals surface area contributed by atoms with Crippen LogP contribution < -0.4 is 9.80 Å². The van der Waals surface area contributed by atoms with Crippen molar-refractivity contribution in [1.82, 2.24) is 14.9 Å². The Labute approximate surface area is 186 Å². The number of amides is 2. The summed E-state index contributed by atoms with van der Waals surface area (Å²) in [4.78, 5) is 41.2. The van der Waals surface area contributed by atoms with Crippen molar-refractivity contribution in [2.45, 2.75) is 6.92 Å². The van der Waals surface area contributed by atoms with Crippen LogP contribution in [0.2, 0.25) is 0 Å². The molecular weight excluding hydrogens is 402 g/mol. The Morgan fingerprint density at radius 2 is 1.34 bits per heavy atom. The van der Waals surface area contributed by atoms with Gasteiger partial charge in [0.1, 0.15) is 5.70 Å². The van der Waals surface area contributed by atoms with Crippen LogP contribution >= 0.6 is 0 Å². The maximum atomic E-state index is 13.6. The molecule has 0 atom stereocenters. The van der Waals surface area contributed by atoms with Crippen LogP contribution in [0.3, 0.4) is 0 Å². The predicted molar refractivity (Wildman–Crippen MR) is 123 cm³/mol. The molecule has 0 N–H and O–H groups in total. The number of nitrogens with zero attached hydrogens (tertiary/aromatic N) is 5. The van der Waals surface area contributed by atoms with Gasteiger partial charge < -0.3 is 9.80 Å². The molecule has 1 fully saturated rings. The number of imide groups is 1. The van der Waals surface area contributed by atoms with E-state index in [0.717, 1.165) is 11.1 Å². The number of hydrogen-bond donors (Lipinski definition) is 0. The summed E-state index contributed by atoms with van der Waals surface area (Å²) >= 11 is 0. The number of carbonyl (C=O) groups excluding carboxylic acids is 2. The molecule has 0 radical (unpaired) electrons. The minimum atomic E-state index is -0.283. The maximum absolute atomic E-state index is 13.6. The second-order valence-electron chi connectivity index (χ2n) is 7.89. The summed E-state index contributed by atoms with van der Waals surface area (Å²) in [7, 11) is 0. The number of benzene rings is 2. The summed E-state index contributed by atoms with van der Waals surface area (Å²) in [6, 6.07) is 18.7. The van der Waals surface area contributed by atoms with E-state index < -0.39 is 0 Å². The van der Waals surface area contributed by atoms with Crippen molar-refractivity contribution in [3.8, 4) is 0 Å². The van der Waals surface area contributed by atoms with Gasteiger partial charge in [0.15, 0.2) is 0 Å². The number of aryl methyl sites for hydroxylation is 1. The maximum Gasteiger partial charge on any atom is 0.282 e. The van der Waals surface area contributed by atoms with Crippen LogP contribution in [0.5, 0.6) is 0 Å². The van der Waals surface area contributed by atoms with E-state index >= 15 is 0 Å². The molecule has 0 saturated carbocycles. The van der Waals surface area contributed by atoms with Gasteiger partial charge in [0.05, 0.1) is 11.3 Å². The number of piperazine rings is 1. The molecule has 0 unspecified atom stereocenters. The van der Waals surface area contributed by atoms with Crippen LogP contribution in [-0.2, 0) is 9.59 Å². The highest BCUT2D eigenvalue weighted by Gasteiger charge is 2.43. The standard InChI is InChI=1S/C25H23N5O2/c1-18-8-10-20(11-9-18)30-23(31)21(19-6-3-2-4-7-19)22(24(30)32)28-14-16-29(17-15-28)25-26-12-5-13-27-25/h2-13H,14-17H2,1H3. The first kappa shape index (κ1) is 19.9. The molecule has 5 rings (SSSR count). The Balaban J connectivity index is 1.49. The zero-order valence-corrected chi connectivity index (χ0v) is 17.8. The van der Waals surface area contributed by atoms with Gasteiger partial charge in [-0.3, -0.25) is 9.59 Å². The van der Waals surface area contributed by atoms with Crippen LogP contribution in [0.15, 0.2) is 78.8 Å². The van der Waals surface area contributed by atoms with Gasteiger partial charge in [-0.25, -0.2) is 14.9 Å². The molecule has 0 aliphatic carbocycles. The summed E-state index contributed by atoms with van der Waals surface area (Å²) in [5.74, 6) is 0.121. The smallest absolute Gasteiger partial charge is 0.282 e. The predicted octanol–water partition coefficient (Wildman–Crippen LogP) is 2.89. The molecule has 7 nitrogen and oxygen atoms in total. The Morgan fingerprint density at radius 1 is 0.719 bits per heavy atom. The van der Waals surface area contributed by atoms with Gasteiger partial charge >= 0.3 is 0 Å². The van der Waals surface area contributed by atoms with Crippen molar-refractivity contribution >= 4 is 29.0 Å². The number of carbonyl (C=O) groups is 2. The first-order chi connectivity index (χ1) is 15.6. The van der Waals surface area contributed by atoms with Crippen molar-refractivity contribution in [2.75, 3.05) is 36.0 Å². The van der Waals surface area contributed by atoms with Crippen LogP contribution in [0.25, 0.3) is 5.57 Å². The Hall–Kier alpha value is -4.00. The van der Waals surface area contributed by atoms with E-state index in [1.165, 1.54) is 4.90 Å². The van der Waals surface area contributed by atoms with E-state index in [-0.39, 0.29) is 11.8 Å². The number of anilines is 2. The normalized spacial score (nSPS) is 16.8. The molecule has 3 aromatic rings. The lowest BCUT2D eigenvalue weighted by Gasteiger charge is -2.36. The van der Waals surface area contributed by atoms with E-state index in [1.807, 2.05) is 66.4 Å². The summed E-state index contributed by atoms with van der Waals surface area (Å²) in [5.41, 5.74) is 3.34. The largest absolute Gasteiger partial charge is 0.363 e. The fourth-order valence-corrected chi connectivity index (χ4v) is 4.19. The monoisotopic (exact) mass is 425 g/mol. The van der Waals surface area contributed by atoms with Crippen molar-refractivity contribution in [3.63, 3.8) is 0 Å². The van der Waals surface area contributed by atoms with Crippen molar-refractivity contribution in [2.24, 2.45) is 0 Å². The molecule has 3 heterocycles. The summed E-state index contributed by atoms with van der Waals surface area (Å²) in [6.07, 6.45) is 3.45. The van der Waals surface area contributed by atoms with E-state index in [4.69, 9.17) is 0 Å². The second-order valence-corrected chi connectivity index (χ2v) is 7.89. The molecule has 2 amide bonds. The molecule has 160 valence electrons. The fraction of sp³-hybridized carbons (Fsp3) is 0.200. The zero-order chi connectivity index (χ0) is 22.1. The lowest BCUT2D eigenvalue weighted by atomic mass is 10.0. The van der Waals surface area contributed by atoms with Crippen molar-refractivity contribution < 1.29 is 9.59 Å². The summed E-state index contributed by atoms with van der Waals surface area (Å²) in [6.45, 7) is 4.52. The number of rotatable bonds is 4. The quantitative estimate of drug-likeness (QED) is 0.599. The molecule has 2 aromatic carbocycles. The molecule has 2 aliphatic rings. The van der Waals surface area contributed by atoms with Gasteiger partial charge in [0.2, 0.25) is 5.95 Å². The molecule has 0 spiro atoms. The van der Waals surface area contributed by atoms with Gasteiger partial charge in [-0.15, -0.1) is 0 Å². The van der Waals surface area contributed by atoms with E-state index in [2.05, 4.69) is 14.9 Å². The van der Waals surface area contributed by atoms with Crippen LogP contribution in [0.4, 0.5) is 11.6 Å². The number of aromatic nitrogens is 2. The van der Waals surface area contributed by atoms with Crippen LogP contribution in [0, 0.1) is 6.92 Å². The van der Waals surface area contributed by atoms with Gasteiger partial charge in [0.25, 0.3) is 11.8 Å². The van der Waals surface area contributed by atoms with E-state index in [0.29, 0.717) is 49.1 Å². The molecular formula is C25H23N5O2. The second kappa shape index (κ2) is 8.26. The molecule has 1 saturated heterocycles. The molecule has 2 aliphatic heterocycles. The number of hydrogen-bond acceptors (Lipinski definition) is 6. The Morgan fingerprint density at radius 3 is 2.00 bits per heavy atom. The lowest BCUT2D eigenvalue weighted by molar-refractivity contribution is -0.120. The highest BCUT2D eigenvalue weighted by molar-refractivity contribution is 6.45. The van der Waals surface area contributed by atoms with E-state index in [1.54, 1.807) is 18.5 Å². The SMILES string of the molecule is Cc1ccc(N2C(=O)C(c3ccccc3)=C(N3CCN(c4ncccn4)CC3)C2=O)cc1. The third kappa shape index (κ3) is 3.51. The minimum absolute atomic E-state index is 0.276. The topological polar surface area (TPSA) is 69.6 Å². The van der Waals surface area contributed by atoms with Crippen molar-refractivity contribution in [3.05, 3.63) is 89.9 Å². The average molecular weight is 425 g/mol. The van der Waals surface area contributed by atoms with Crippen LogP contribution in [0.1, 0.15) is 11.1 Å². The minimum Gasteiger partial charge on any atom is -0.363 e. The molecule has 1 aromatic heterocycles. The summed E-state index contributed by atoms with van der Waals surface area (Å²) < 4.78 is 0.